The average molecular weight is 400 g/mol. The summed E-state index contributed by atoms with van der Waals surface area (Å²) >= 11 is 23.8. The second-order valence-electron chi connectivity index (χ2n) is 5.08. The number of rotatable bonds is 6. The molecule has 0 radical (unpaired) electrons. The van der Waals surface area contributed by atoms with E-state index in [-0.39, 0.29) is 5.78 Å². The molecule has 0 saturated heterocycles. The molecular formula is C19H14Cl4O. The Kier molecular flexibility index (Phi) is 7.39. The van der Waals surface area contributed by atoms with E-state index >= 15 is 0 Å². The molecule has 0 spiro atoms. The molecule has 2 aromatic carbocycles. The van der Waals surface area contributed by atoms with Crippen molar-refractivity contribution in [1.82, 2.24) is 0 Å². The summed E-state index contributed by atoms with van der Waals surface area (Å²) in [6.45, 7) is 0. The van der Waals surface area contributed by atoms with E-state index < -0.39 is 0 Å². The Bertz CT molecular complexity index is 728. The molecule has 2 aromatic rings. The van der Waals surface area contributed by atoms with Crippen molar-refractivity contribution in [3.05, 3.63) is 79.8 Å². The molecule has 0 amide bonds. The van der Waals surface area contributed by atoms with Gasteiger partial charge in [-0.2, -0.15) is 0 Å². The van der Waals surface area contributed by atoms with Crippen molar-refractivity contribution in [2.45, 2.75) is 12.8 Å². The van der Waals surface area contributed by atoms with Crippen LogP contribution in [0.5, 0.6) is 0 Å². The summed E-state index contributed by atoms with van der Waals surface area (Å²) in [5, 5.41) is 2.28. The van der Waals surface area contributed by atoms with Gasteiger partial charge in [-0.3, -0.25) is 4.79 Å². The molecule has 0 fully saturated rings. The van der Waals surface area contributed by atoms with Crippen LogP contribution < -0.4 is 0 Å². The molecule has 124 valence electrons. The molecule has 0 heterocycles. The van der Waals surface area contributed by atoms with Crippen LogP contribution in [0, 0.1) is 0 Å². The summed E-state index contributed by atoms with van der Waals surface area (Å²) in [5.74, 6) is 0.0951. The van der Waals surface area contributed by atoms with Gasteiger partial charge in [0.1, 0.15) is 5.78 Å². The normalized spacial score (nSPS) is 11.5. The van der Waals surface area contributed by atoms with Gasteiger partial charge < -0.3 is 0 Å². The molecule has 2 rings (SSSR count). The molecule has 0 aliphatic rings. The fourth-order valence-electron chi connectivity index (χ4n) is 1.99. The Morgan fingerprint density at radius 3 is 1.54 bits per heavy atom. The van der Waals surface area contributed by atoms with Crippen LogP contribution >= 0.6 is 46.4 Å². The molecule has 24 heavy (non-hydrogen) atoms. The van der Waals surface area contributed by atoms with Gasteiger partial charge in [0.05, 0.1) is 0 Å². The van der Waals surface area contributed by atoms with Crippen molar-refractivity contribution in [2.24, 2.45) is 0 Å². The number of halogens is 4. The van der Waals surface area contributed by atoms with Crippen LogP contribution in [0.3, 0.4) is 0 Å². The Hall–Kier alpha value is -1.25. The maximum atomic E-state index is 11.9. The largest absolute Gasteiger partial charge is 0.299 e. The van der Waals surface area contributed by atoms with Gasteiger partial charge in [-0.15, -0.1) is 0 Å². The van der Waals surface area contributed by atoms with E-state index in [1.54, 1.807) is 36.4 Å². The number of allylic oxidation sites excluding steroid dienone is 2. The second-order valence-corrected chi connectivity index (χ2v) is 6.77. The van der Waals surface area contributed by atoms with Crippen LogP contribution in [-0.2, 0) is 4.79 Å². The quantitative estimate of drug-likeness (QED) is 0.495. The van der Waals surface area contributed by atoms with Crippen LogP contribution in [-0.4, -0.2) is 5.78 Å². The molecule has 0 saturated carbocycles. The van der Waals surface area contributed by atoms with E-state index in [2.05, 4.69) is 0 Å². The molecule has 0 aromatic heterocycles. The summed E-state index contributed by atoms with van der Waals surface area (Å²) in [4.78, 5) is 11.9. The predicted octanol–water partition coefficient (Wildman–Crippen LogP) is 7.38. The Balaban J connectivity index is 1.87. The molecule has 0 bridgehead atoms. The second kappa shape index (κ2) is 9.29. The molecule has 0 atom stereocenters. The average Bonchev–Trinajstić information content (AvgIpc) is 2.51. The van der Waals surface area contributed by atoms with Crippen LogP contribution in [0.1, 0.15) is 24.0 Å². The van der Waals surface area contributed by atoms with Crippen molar-refractivity contribution < 1.29 is 4.79 Å². The fraction of sp³-hybridized carbons (Fsp3) is 0.105. The molecule has 1 nitrogen and oxygen atoms in total. The van der Waals surface area contributed by atoms with Crippen molar-refractivity contribution in [3.63, 3.8) is 0 Å². The fourth-order valence-corrected chi connectivity index (χ4v) is 2.93. The maximum Gasteiger partial charge on any atom is 0.140 e. The Morgan fingerprint density at radius 2 is 1.17 bits per heavy atom. The minimum Gasteiger partial charge on any atom is -0.299 e. The summed E-state index contributed by atoms with van der Waals surface area (Å²) in [6, 6.07) is 10.5. The highest BCUT2D eigenvalue weighted by atomic mass is 35.5. The minimum absolute atomic E-state index is 0.0951. The summed E-state index contributed by atoms with van der Waals surface area (Å²) < 4.78 is 0. The highest BCUT2D eigenvalue weighted by Crippen LogP contribution is 2.23. The van der Waals surface area contributed by atoms with Gasteiger partial charge in [-0.25, -0.2) is 0 Å². The van der Waals surface area contributed by atoms with Crippen LogP contribution in [0.4, 0.5) is 0 Å². The lowest BCUT2D eigenvalue weighted by Crippen LogP contribution is -1.92. The van der Waals surface area contributed by atoms with Gasteiger partial charge in [0, 0.05) is 32.9 Å². The summed E-state index contributed by atoms with van der Waals surface area (Å²) in [7, 11) is 0. The third-order valence-corrected chi connectivity index (χ3v) is 4.34. The highest BCUT2D eigenvalue weighted by Gasteiger charge is 2.00. The van der Waals surface area contributed by atoms with Gasteiger partial charge >= 0.3 is 0 Å². The van der Waals surface area contributed by atoms with Gasteiger partial charge in [0.15, 0.2) is 0 Å². The van der Waals surface area contributed by atoms with Crippen molar-refractivity contribution in [1.29, 1.82) is 0 Å². The van der Waals surface area contributed by atoms with Gasteiger partial charge in [-0.1, -0.05) is 82.8 Å². The predicted molar refractivity (Wildman–Crippen MR) is 105 cm³/mol. The van der Waals surface area contributed by atoms with E-state index in [0.29, 0.717) is 32.9 Å². The highest BCUT2D eigenvalue weighted by molar-refractivity contribution is 6.36. The van der Waals surface area contributed by atoms with Gasteiger partial charge in [0.25, 0.3) is 0 Å². The minimum atomic E-state index is 0.0951. The first kappa shape index (κ1) is 19.1. The van der Waals surface area contributed by atoms with Crippen molar-refractivity contribution >= 4 is 64.3 Å². The zero-order valence-electron chi connectivity index (χ0n) is 12.6. The number of carbonyl (C=O) groups excluding carboxylic acids is 1. The first-order valence-electron chi connectivity index (χ1n) is 7.20. The first-order valence-corrected chi connectivity index (χ1v) is 8.72. The number of hydrogen-bond acceptors (Lipinski definition) is 1. The van der Waals surface area contributed by atoms with Crippen molar-refractivity contribution in [3.8, 4) is 0 Å². The zero-order chi connectivity index (χ0) is 17.5. The maximum absolute atomic E-state index is 11.9. The monoisotopic (exact) mass is 398 g/mol. The van der Waals surface area contributed by atoms with E-state index in [1.807, 2.05) is 24.3 Å². The molecule has 0 aliphatic carbocycles. The lowest BCUT2D eigenvalue weighted by Gasteiger charge is -1.99. The zero-order valence-corrected chi connectivity index (χ0v) is 15.6. The number of ketones is 1. The standard InChI is InChI=1S/C19H14Cl4O/c20-15-9-7-13(18(22)11-15)3-1-5-17(24)6-2-4-14-8-10-16(21)12-19(14)23/h1-4,7-12H,5-6H2. The van der Waals surface area contributed by atoms with E-state index in [1.165, 1.54) is 0 Å². The summed E-state index contributed by atoms with van der Waals surface area (Å²) in [6.07, 6.45) is 7.88. The third-order valence-electron chi connectivity index (χ3n) is 3.21. The first-order chi connectivity index (χ1) is 11.5. The SMILES string of the molecule is O=C(CC=Cc1ccc(Cl)cc1Cl)CC=Cc1ccc(Cl)cc1Cl. The molecule has 0 N–H and O–H groups in total. The number of carbonyl (C=O) groups is 1. The van der Waals surface area contributed by atoms with E-state index in [4.69, 9.17) is 46.4 Å². The van der Waals surface area contributed by atoms with Crippen LogP contribution in [0.2, 0.25) is 20.1 Å². The molecular weight excluding hydrogens is 386 g/mol. The number of Topliss-reactive ketones (excluding diaryl/α,β-unsaturated/α-hetero) is 1. The number of hydrogen-bond donors (Lipinski definition) is 0. The van der Waals surface area contributed by atoms with Crippen molar-refractivity contribution in [2.75, 3.05) is 0 Å². The Morgan fingerprint density at radius 1 is 0.750 bits per heavy atom. The van der Waals surface area contributed by atoms with Crippen LogP contribution in [0.25, 0.3) is 12.2 Å². The smallest absolute Gasteiger partial charge is 0.140 e. The number of benzene rings is 2. The molecule has 0 aliphatic heterocycles. The molecule has 0 unspecified atom stereocenters. The topological polar surface area (TPSA) is 17.1 Å². The molecule has 5 heteroatoms. The lowest BCUT2D eigenvalue weighted by atomic mass is 10.1. The van der Waals surface area contributed by atoms with Gasteiger partial charge in [0.2, 0.25) is 0 Å². The van der Waals surface area contributed by atoms with Gasteiger partial charge in [-0.05, 0) is 35.4 Å². The van der Waals surface area contributed by atoms with Crippen LogP contribution in [0.15, 0.2) is 48.6 Å². The van der Waals surface area contributed by atoms with E-state index in [9.17, 15) is 4.79 Å². The Labute approximate surface area is 161 Å². The van der Waals surface area contributed by atoms with E-state index in [0.717, 1.165) is 11.1 Å². The summed E-state index contributed by atoms with van der Waals surface area (Å²) in [5.41, 5.74) is 1.66. The lowest BCUT2D eigenvalue weighted by molar-refractivity contribution is -0.117. The third kappa shape index (κ3) is 5.99.